The summed E-state index contributed by atoms with van der Waals surface area (Å²) in [5, 5.41) is 13.1. The standard InChI is InChI=1S/C20H31N5O/c21-1-2-24-3-5-25(6-4-24)19(26)18(13-22)14-23-20-10-15-7-16(11-20)9-17(8-15)12-20/h14-17,23H,1-12,21H2/b18-14-. The second kappa shape index (κ2) is 7.21. The van der Waals surface area contributed by atoms with E-state index in [2.05, 4.69) is 16.3 Å². The molecule has 0 aromatic rings. The Hall–Kier alpha value is -1.58. The molecule has 0 spiro atoms. The van der Waals surface area contributed by atoms with Gasteiger partial charge in [-0.15, -0.1) is 0 Å². The number of hydrogen-bond donors (Lipinski definition) is 2. The predicted molar refractivity (Wildman–Crippen MR) is 99.8 cm³/mol. The molecule has 1 aliphatic heterocycles. The SMILES string of the molecule is N#C/C(=C/NC12CC3CC(CC(C3)C1)C2)C(=O)N1CCN(CCN)CC1. The summed E-state index contributed by atoms with van der Waals surface area (Å²) in [7, 11) is 0. The molecule has 3 N–H and O–H groups in total. The Morgan fingerprint density at radius 2 is 1.69 bits per heavy atom. The number of nitrogens with two attached hydrogens (primary N) is 1. The highest BCUT2D eigenvalue weighted by atomic mass is 16.2. The first-order chi connectivity index (χ1) is 12.6. The molecule has 1 saturated heterocycles. The number of nitrogens with one attached hydrogen (secondary N) is 1. The van der Waals surface area contributed by atoms with Gasteiger partial charge >= 0.3 is 0 Å². The Morgan fingerprint density at radius 1 is 1.12 bits per heavy atom. The van der Waals surface area contributed by atoms with Crippen LogP contribution in [0, 0.1) is 29.1 Å². The fraction of sp³-hybridized carbons (Fsp3) is 0.800. The molecule has 0 atom stereocenters. The minimum Gasteiger partial charge on any atom is -0.384 e. The number of hydrogen-bond acceptors (Lipinski definition) is 5. The topological polar surface area (TPSA) is 85.4 Å². The summed E-state index contributed by atoms with van der Waals surface area (Å²) in [6.07, 6.45) is 9.54. The third-order valence-corrected chi connectivity index (χ3v) is 7.02. The fourth-order valence-electron chi connectivity index (χ4n) is 6.18. The Bertz CT molecular complexity index is 579. The molecule has 0 radical (unpaired) electrons. The maximum Gasteiger partial charge on any atom is 0.266 e. The quantitative estimate of drug-likeness (QED) is 0.568. The molecule has 0 unspecified atom stereocenters. The number of rotatable bonds is 5. The summed E-state index contributed by atoms with van der Waals surface area (Å²) < 4.78 is 0. The van der Waals surface area contributed by atoms with E-state index in [1.807, 2.05) is 4.90 Å². The zero-order valence-electron chi connectivity index (χ0n) is 15.6. The smallest absolute Gasteiger partial charge is 0.266 e. The van der Waals surface area contributed by atoms with Crippen LogP contribution in [0.4, 0.5) is 0 Å². The first-order valence-corrected chi connectivity index (χ1v) is 10.2. The summed E-state index contributed by atoms with van der Waals surface area (Å²) >= 11 is 0. The van der Waals surface area contributed by atoms with E-state index in [0.29, 0.717) is 19.6 Å². The fourth-order valence-corrected chi connectivity index (χ4v) is 6.18. The van der Waals surface area contributed by atoms with Gasteiger partial charge in [-0.3, -0.25) is 9.69 Å². The summed E-state index contributed by atoms with van der Waals surface area (Å²) in [4.78, 5) is 16.8. The molecule has 5 fully saturated rings. The molecule has 26 heavy (non-hydrogen) atoms. The highest BCUT2D eigenvalue weighted by Gasteiger charge is 2.50. The van der Waals surface area contributed by atoms with Crippen molar-refractivity contribution in [3.63, 3.8) is 0 Å². The average Bonchev–Trinajstić information content (AvgIpc) is 2.62. The molecule has 6 nitrogen and oxygen atoms in total. The van der Waals surface area contributed by atoms with Crippen molar-refractivity contribution in [1.29, 1.82) is 5.26 Å². The van der Waals surface area contributed by atoms with Gasteiger partial charge in [-0.25, -0.2) is 0 Å². The summed E-state index contributed by atoms with van der Waals surface area (Å²) in [5.41, 5.74) is 6.00. The normalized spacial score (nSPS) is 36.8. The third kappa shape index (κ3) is 3.47. The van der Waals surface area contributed by atoms with Crippen molar-refractivity contribution in [3.8, 4) is 6.07 Å². The van der Waals surface area contributed by atoms with Crippen molar-refractivity contribution in [2.24, 2.45) is 23.5 Å². The van der Waals surface area contributed by atoms with Crippen molar-refractivity contribution in [3.05, 3.63) is 11.8 Å². The number of piperazine rings is 1. The molecule has 1 heterocycles. The first kappa shape index (κ1) is 17.8. The van der Waals surface area contributed by atoms with Crippen LogP contribution in [0.3, 0.4) is 0 Å². The van der Waals surface area contributed by atoms with Gasteiger partial charge in [0.1, 0.15) is 11.6 Å². The van der Waals surface area contributed by atoms with Gasteiger partial charge in [0.15, 0.2) is 0 Å². The zero-order chi connectivity index (χ0) is 18.1. The van der Waals surface area contributed by atoms with Crippen LogP contribution in [0.1, 0.15) is 38.5 Å². The molecule has 4 aliphatic carbocycles. The number of carbonyl (C=O) groups is 1. The maximum atomic E-state index is 12.8. The maximum absolute atomic E-state index is 12.8. The molecule has 6 heteroatoms. The average molecular weight is 358 g/mol. The van der Waals surface area contributed by atoms with E-state index in [-0.39, 0.29) is 17.0 Å². The van der Waals surface area contributed by atoms with Gasteiger partial charge in [0.05, 0.1) is 0 Å². The second-order valence-electron chi connectivity index (χ2n) is 8.93. The Kier molecular flexibility index (Phi) is 4.94. The van der Waals surface area contributed by atoms with Gasteiger partial charge in [-0.05, 0) is 56.3 Å². The molecule has 4 bridgehead atoms. The monoisotopic (exact) mass is 357 g/mol. The lowest BCUT2D eigenvalue weighted by atomic mass is 9.53. The van der Waals surface area contributed by atoms with Crippen LogP contribution >= 0.6 is 0 Å². The summed E-state index contributed by atoms with van der Waals surface area (Å²) in [6, 6.07) is 2.14. The van der Waals surface area contributed by atoms with E-state index in [0.717, 1.165) is 37.4 Å². The zero-order valence-corrected chi connectivity index (χ0v) is 15.6. The molecule has 0 aromatic heterocycles. The van der Waals surface area contributed by atoms with Crippen LogP contribution in [0.2, 0.25) is 0 Å². The second-order valence-corrected chi connectivity index (χ2v) is 8.93. The van der Waals surface area contributed by atoms with Crippen molar-refractivity contribution in [2.45, 2.75) is 44.1 Å². The lowest BCUT2D eigenvalue weighted by Crippen LogP contribution is -2.57. The Morgan fingerprint density at radius 3 is 2.19 bits per heavy atom. The van der Waals surface area contributed by atoms with Crippen molar-refractivity contribution < 1.29 is 4.79 Å². The van der Waals surface area contributed by atoms with Gasteiger partial charge in [0.25, 0.3) is 5.91 Å². The number of nitrogens with zero attached hydrogens (tertiary/aromatic N) is 3. The molecule has 0 aromatic carbocycles. The lowest BCUT2D eigenvalue weighted by molar-refractivity contribution is -0.128. The molecule has 5 rings (SSSR count). The van der Waals surface area contributed by atoms with Gasteiger partial charge in [0, 0.05) is 51.0 Å². The molecular formula is C20H31N5O. The van der Waals surface area contributed by atoms with Crippen LogP contribution in [0.25, 0.3) is 0 Å². The highest BCUT2D eigenvalue weighted by Crippen LogP contribution is 2.55. The summed E-state index contributed by atoms with van der Waals surface area (Å²) in [5.74, 6) is 2.41. The van der Waals surface area contributed by atoms with E-state index in [1.165, 1.54) is 38.5 Å². The molecule has 142 valence electrons. The minimum atomic E-state index is -0.128. The summed E-state index contributed by atoms with van der Waals surface area (Å²) in [6.45, 7) is 4.54. The minimum absolute atomic E-state index is 0.128. The Labute approximate surface area is 156 Å². The van der Waals surface area contributed by atoms with Gasteiger partial charge in [-0.2, -0.15) is 5.26 Å². The van der Waals surface area contributed by atoms with Crippen LogP contribution in [-0.4, -0.2) is 60.5 Å². The molecule has 4 saturated carbocycles. The van der Waals surface area contributed by atoms with Crippen LogP contribution < -0.4 is 11.1 Å². The van der Waals surface area contributed by atoms with E-state index >= 15 is 0 Å². The largest absolute Gasteiger partial charge is 0.384 e. The van der Waals surface area contributed by atoms with E-state index in [4.69, 9.17) is 5.73 Å². The number of amides is 1. The number of carbonyl (C=O) groups excluding carboxylic acids is 1. The van der Waals surface area contributed by atoms with E-state index in [1.54, 1.807) is 6.20 Å². The Balaban J connectivity index is 1.38. The van der Waals surface area contributed by atoms with Crippen LogP contribution in [0.5, 0.6) is 0 Å². The third-order valence-electron chi connectivity index (χ3n) is 7.02. The highest BCUT2D eigenvalue weighted by molar-refractivity contribution is 5.97. The van der Waals surface area contributed by atoms with Gasteiger partial charge < -0.3 is 16.0 Å². The predicted octanol–water partition coefficient (Wildman–Crippen LogP) is 1.06. The van der Waals surface area contributed by atoms with Crippen LogP contribution in [0.15, 0.2) is 11.8 Å². The van der Waals surface area contributed by atoms with Crippen molar-refractivity contribution in [2.75, 3.05) is 39.3 Å². The van der Waals surface area contributed by atoms with E-state index in [9.17, 15) is 10.1 Å². The van der Waals surface area contributed by atoms with Crippen molar-refractivity contribution in [1.82, 2.24) is 15.1 Å². The molecule has 1 amide bonds. The van der Waals surface area contributed by atoms with Gasteiger partial charge in [0.2, 0.25) is 0 Å². The van der Waals surface area contributed by atoms with Crippen molar-refractivity contribution >= 4 is 5.91 Å². The number of nitriles is 1. The molecular weight excluding hydrogens is 326 g/mol. The molecule has 5 aliphatic rings. The van der Waals surface area contributed by atoms with Crippen LogP contribution in [-0.2, 0) is 4.79 Å². The first-order valence-electron chi connectivity index (χ1n) is 10.2. The lowest BCUT2D eigenvalue weighted by Gasteiger charge is -2.57. The van der Waals surface area contributed by atoms with E-state index < -0.39 is 0 Å². The van der Waals surface area contributed by atoms with Gasteiger partial charge in [-0.1, -0.05) is 0 Å².